The maximum atomic E-state index is 13.7. The van der Waals surface area contributed by atoms with Gasteiger partial charge in [0, 0.05) is 43.9 Å². The van der Waals surface area contributed by atoms with Gasteiger partial charge in [-0.2, -0.15) is 0 Å². The Kier molecular flexibility index (Phi) is 4.84. The predicted molar refractivity (Wildman–Crippen MR) is 141 cm³/mol. The summed E-state index contributed by atoms with van der Waals surface area (Å²) >= 11 is 4.57. The number of imidazole rings is 2. The Labute approximate surface area is 217 Å². The summed E-state index contributed by atoms with van der Waals surface area (Å²) in [6.07, 6.45) is 10.6. The highest BCUT2D eigenvalue weighted by molar-refractivity contribution is 14.1. The van der Waals surface area contributed by atoms with E-state index in [1.165, 1.54) is 0 Å². The van der Waals surface area contributed by atoms with Gasteiger partial charge in [-0.3, -0.25) is 14.3 Å². The molecule has 1 aliphatic heterocycles. The molecule has 6 rings (SSSR count). The first-order valence-corrected chi connectivity index (χ1v) is 12.5. The zero-order valence-corrected chi connectivity index (χ0v) is 21.8. The lowest BCUT2D eigenvalue weighted by Gasteiger charge is -2.19. The number of benzene rings is 1. The van der Waals surface area contributed by atoms with Crippen molar-refractivity contribution in [1.29, 1.82) is 0 Å². The summed E-state index contributed by atoms with van der Waals surface area (Å²) in [5.74, 6) is 7.10. The van der Waals surface area contributed by atoms with Gasteiger partial charge in [0.15, 0.2) is 0 Å². The molecule has 0 N–H and O–H groups in total. The van der Waals surface area contributed by atoms with Crippen LogP contribution in [0.2, 0.25) is 0 Å². The van der Waals surface area contributed by atoms with Gasteiger partial charge in [0.05, 0.1) is 23.9 Å². The van der Waals surface area contributed by atoms with E-state index in [0.717, 1.165) is 48.2 Å². The van der Waals surface area contributed by atoms with Crippen LogP contribution in [-0.2, 0) is 17.4 Å². The van der Waals surface area contributed by atoms with E-state index in [1.54, 1.807) is 23.6 Å². The third-order valence-electron chi connectivity index (χ3n) is 5.92. The van der Waals surface area contributed by atoms with E-state index in [1.807, 2.05) is 48.3 Å². The molecule has 4 heterocycles. The van der Waals surface area contributed by atoms with Crippen molar-refractivity contribution in [2.45, 2.75) is 18.4 Å². The summed E-state index contributed by atoms with van der Waals surface area (Å²) in [7, 11) is 1.94. The van der Waals surface area contributed by atoms with Crippen molar-refractivity contribution in [3.8, 4) is 23.2 Å². The predicted octanol–water partition coefficient (Wildman–Crippen LogP) is 4.46. The summed E-state index contributed by atoms with van der Waals surface area (Å²) in [4.78, 5) is 28.8. The smallest absolute Gasteiger partial charge is 0.260 e. The van der Waals surface area contributed by atoms with Gasteiger partial charge < -0.3 is 4.57 Å². The van der Waals surface area contributed by atoms with Crippen molar-refractivity contribution in [2.24, 2.45) is 7.05 Å². The van der Waals surface area contributed by atoms with E-state index >= 15 is 0 Å². The highest BCUT2D eigenvalue weighted by atomic mass is 127. The van der Waals surface area contributed by atoms with E-state index in [0.29, 0.717) is 5.95 Å². The molecule has 0 atom stereocenters. The van der Waals surface area contributed by atoms with Gasteiger partial charge in [-0.25, -0.2) is 14.9 Å². The number of aryl methyl sites for hydroxylation is 1. The van der Waals surface area contributed by atoms with Gasteiger partial charge in [-0.15, -0.1) is 0 Å². The molecule has 1 aromatic carbocycles. The average Bonchev–Trinajstić information content (AvgIpc) is 3.20. The minimum absolute atomic E-state index is 0.0767. The quantitative estimate of drug-likeness (QED) is 0.236. The molecule has 0 radical (unpaired) electrons. The van der Waals surface area contributed by atoms with E-state index in [2.05, 4.69) is 76.5 Å². The van der Waals surface area contributed by atoms with E-state index in [4.69, 9.17) is 0 Å². The molecule has 33 heavy (non-hydrogen) atoms. The Morgan fingerprint density at radius 2 is 1.82 bits per heavy atom. The van der Waals surface area contributed by atoms with Crippen molar-refractivity contribution in [3.63, 3.8) is 0 Å². The van der Waals surface area contributed by atoms with Crippen molar-refractivity contribution in [3.05, 3.63) is 73.6 Å². The number of amides is 1. The lowest BCUT2D eigenvalue weighted by Crippen LogP contribution is -2.31. The van der Waals surface area contributed by atoms with Crippen molar-refractivity contribution in [2.75, 3.05) is 4.90 Å². The summed E-state index contributed by atoms with van der Waals surface area (Å²) in [6, 6.07) is 7.83. The van der Waals surface area contributed by atoms with Crippen LogP contribution in [0.5, 0.6) is 0 Å². The molecular formula is C24H16I2N6O. The fraction of sp³-hybridized carbons (Fsp3) is 0.167. The maximum Gasteiger partial charge on any atom is 0.260 e. The van der Waals surface area contributed by atoms with Crippen LogP contribution in [0, 0.1) is 19.0 Å². The highest BCUT2D eigenvalue weighted by Gasteiger charge is 2.61. The van der Waals surface area contributed by atoms with Gasteiger partial charge in [-0.1, -0.05) is 11.8 Å². The molecule has 0 bridgehead atoms. The molecular weight excluding hydrogens is 642 g/mol. The second-order valence-electron chi connectivity index (χ2n) is 8.16. The van der Waals surface area contributed by atoms with Gasteiger partial charge in [0.25, 0.3) is 5.91 Å². The molecule has 162 valence electrons. The third kappa shape index (κ3) is 3.30. The minimum atomic E-state index is -0.552. The molecule has 2 aliphatic rings. The number of rotatable bonds is 2. The number of halogens is 2. The van der Waals surface area contributed by atoms with E-state index in [-0.39, 0.29) is 5.91 Å². The maximum absolute atomic E-state index is 13.7. The van der Waals surface area contributed by atoms with Crippen molar-refractivity contribution in [1.82, 2.24) is 24.1 Å². The average molecular weight is 658 g/mol. The molecule has 0 saturated heterocycles. The van der Waals surface area contributed by atoms with Crippen LogP contribution in [0.4, 0.5) is 11.6 Å². The summed E-state index contributed by atoms with van der Waals surface area (Å²) in [6.45, 7) is 0. The fourth-order valence-electron chi connectivity index (χ4n) is 4.23. The molecule has 0 unspecified atom stereocenters. The standard InChI is InChI=1S/C24H16I2N6O/c1-30-13-19(29-14-30)20-12-28-23-31(22(33)24(6-7-24)32(20)23)21-17(25)9-16(10-18(21)26)5-4-15-3-2-8-27-11-15/h2-3,8-14H,6-7H2,1H3. The highest BCUT2D eigenvalue weighted by Crippen LogP contribution is 2.56. The molecule has 1 spiro atoms. The van der Waals surface area contributed by atoms with E-state index in [9.17, 15) is 4.79 Å². The molecule has 7 nitrogen and oxygen atoms in total. The Morgan fingerprint density at radius 3 is 2.45 bits per heavy atom. The SMILES string of the molecule is Cn1cnc(-c2cnc3n2C2(CC2)C(=O)N3c2c(I)cc(C#Cc3cccnc3)cc2I)c1. The van der Waals surface area contributed by atoms with Crippen LogP contribution >= 0.6 is 45.2 Å². The Hall–Kier alpha value is -2.72. The molecule has 1 fully saturated rings. The number of hydrogen-bond donors (Lipinski definition) is 0. The van der Waals surface area contributed by atoms with E-state index < -0.39 is 5.54 Å². The Balaban J connectivity index is 1.43. The second kappa shape index (κ2) is 7.66. The van der Waals surface area contributed by atoms with Crippen molar-refractivity contribution >= 4 is 62.7 Å². The molecule has 1 amide bonds. The van der Waals surface area contributed by atoms with Gasteiger partial charge in [-0.05, 0) is 82.3 Å². The number of carbonyl (C=O) groups is 1. The van der Waals surface area contributed by atoms with Crippen LogP contribution < -0.4 is 4.90 Å². The number of aromatic nitrogens is 5. The van der Waals surface area contributed by atoms with Gasteiger partial charge >= 0.3 is 0 Å². The number of anilines is 2. The fourth-order valence-corrected chi connectivity index (χ4v) is 6.48. The monoisotopic (exact) mass is 658 g/mol. The first-order valence-electron chi connectivity index (χ1n) is 10.3. The number of fused-ring (bicyclic) bond motifs is 2. The lowest BCUT2D eigenvalue weighted by atomic mass is 10.1. The van der Waals surface area contributed by atoms with Gasteiger partial charge in [0.1, 0.15) is 11.2 Å². The van der Waals surface area contributed by atoms with Crippen LogP contribution in [0.3, 0.4) is 0 Å². The molecule has 1 aliphatic carbocycles. The van der Waals surface area contributed by atoms with Crippen LogP contribution in [0.25, 0.3) is 11.4 Å². The van der Waals surface area contributed by atoms with Crippen molar-refractivity contribution < 1.29 is 4.79 Å². The molecule has 4 aromatic rings. The molecule has 3 aromatic heterocycles. The first-order chi connectivity index (χ1) is 16.0. The van der Waals surface area contributed by atoms with Crippen LogP contribution in [0.15, 0.2) is 55.4 Å². The Morgan fingerprint density at radius 1 is 1.06 bits per heavy atom. The lowest BCUT2D eigenvalue weighted by molar-refractivity contribution is -0.120. The summed E-state index contributed by atoms with van der Waals surface area (Å²) in [5, 5.41) is 0. The first kappa shape index (κ1) is 20.9. The number of nitrogens with zero attached hydrogens (tertiary/aromatic N) is 6. The summed E-state index contributed by atoms with van der Waals surface area (Å²) in [5.41, 5.74) is 3.76. The Bertz CT molecular complexity index is 1470. The third-order valence-corrected chi connectivity index (χ3v) is 7.56. The number of hydrogen-bond acceptors (Lipinski definition) is 4. The topological polar surface area (TPSA) is 68.8 Å². The van der Waals surface area contributed by atoms with Crippen LogP contribution in [-0.4, -0.2) is 30.0 Å². The minimum Gasteiger partial charge on any atom is -0.340 e. The summed E-state index contributed by atoms with van der Waals surface area (Å²) < 4.78 is 5.89. The zero-order chi connectivity index (χ0) is 22.7. The normalized spacial score (nSPS) is 15.5. The number of pyridine rings is 1. The number of carbonyl (C=O) groups excluding carboxylic acids is 1. The molecule has 1 saturated carbocycles. The van der Waals surface area contributed by atoms with Crippen LogP contribution in [0.1, 0.15) is 24.0 Å². The largest absolute Gasteiger partial charge is 0.340 e. The zero-order valence-electron chi connectivity index (χ0n) is 17.5. The van der Waals surface area contributed by atoms with Gasteiger partial charge in [0.2, 0.25) is 5.95 Å². The second-order valence-corrected chi connectivity index (χ2v) is 10.5. The molecule has 9 heteroatoms.